The van der Waals surface area contributed by atoms with E-state index in [9.17, 15) is 10.5 Å². The maximum atomic E-state index is 9.90. The molecule has 0 aliphatic heterocycles. The Labute approximate surface area is 50.6 Å². The number of hydrogen-bond donors (Lipinski definition) is 0. The summed E-state index contributed by atoms with van der Waals surface area (Å²) >= 11 is -7.18. The Morgan fingerprint density at radius 1 is 0.833 bits per heavy atom. The molecule has 0 bridgehead atoms. The molecule has 0 spiro atoms. The summed E-state index contributed by atoms with van der Waals surface area (Å²) in [6, 6.07) is 0. The van der Waals surface area contributed by atoms with Gasteiger partial charge >= 0.3 is 33.2 Å². The van der Waals surface area contributed by atoms with Crippen molar-refractivity contribution < 1.29 is 33.2 Å². The van der Waals surface area contributed by atoms with E-state index in [1.165, 1.54) is 0 Å². The minimum atomic E-state index is -7.18. The van der Waals surface area contributed by atoms with Crippen LogP contribution in [0.1, 0.15) is 0 Å². The molecule has 0 saturated heterocycles. The number of hydrogen-bond acceptors (Lipinski definition) is 0. The average molecular weight is 197 g/mol. The predicted octanol–water partition coefficient (Wildman–Crippen LogP) is 0.494. The molecule has 0 rings (SSSR count). The zero-order chi connectivity index (χ0) is 4.50. The van der Waals surface area contributed by atoms with Gasteiger partial charge in [-0.25, -0.2) is 0 Å². The van der Waals surface area contributed by atoms with Gasteiger partial charge in [0.2, 0.25) is 0 Å². The third kappa shape index (κ3) is 68.1. The summed E-state index contributed by atoms with van der Waals surface area (Å²) in [5.74, 6) is 0. The molecule has 0 aliphatic rings. The van der Waals surface area contributed by atoms with E-state index in [4.69, 9.17) is 0 Å². The minimum absolute atomic E-state index is 0. The van der Waals surface area contributed by atoms with Crippen LogP contribution in [-0.4, -0.2) is 17.4 Å². The zero-order valence-electron chi connectivity index (χ0n) is 2.01. The molecular formula is H3AlF4Zr. The monoisotopic (exact) mass is 196 g/mol. The standard InChI is InChI=1S/Al.4FH.Zr.3H/h;4*1H;;;;/q;;;;;+4;;;/p-4. The Morgan fingerprint density at radius 3 is 0.833 bits per heavy atom. The van der Waals surface area contributed by atoms with Crippen LogP contribution in [0.5, 0.6) is 0 Å². The van der Waals surface area contributed by atoms with Crippen LogP contribution < -0.4 is 0 Å². The summed E-state index contributed by atoms with van der Waals surface area (Å²) in [5, 5.41) is 0. The van der Waals surface area contributed by atoms with Crippen molar-refractivity contribution in [3.63, 3.8) is 0 Å². The van der Waals surface area contributed by atoms with Crippen molar-refractivity contribution >= 4 is 17.4 Å². The molecule has 0 aromatic carbocycles. The summed E-state index contributed by atoms with van der Waals surface area (Å²) in [7, 11) is 0. The van der Waals surface area contributed by atoms with E-state index >= 15 is 0 Å². The van der Waals surface area contributed by atoms with E-state index in [-0.39, 0.29) is 17.4 Å². The summed E-state index contributed by atoms with van der Waals surface area (Å²) in [5.41, 5.74) is 0. The van der Waals surface area contributed by atoms with Gasteiger partial charge in [-0.15, -0.1) is 0 Å². The second-order valence-electron chi connectivity index (χ2n) is 0.429. The Morgan fingerprint density at radius 2 is 0.833 bits per heavy atom. The molecule has 0 aliphatic carbocycles. The van der Waals surface area contributed by atoms with Crippen molar-refractivity contribution in [1.29, 1.82) is 0 Å². The molecule has 6 heavy (non-hydrogen) atoms. The molecule has 0 fully saturated rings. The third-order valence-corrected chi connectivity index (χ3v) is 0. The fourth-order valence-corrected chi connectivity index (χ4v) is 0. The summed E-state index contributed by atoms with van der Waals surface area (Å²) in [4.78, 5) is 0. The topological polar surface area (TPSA) is 0 Å². The van der Waals surface area contributed by atoms with Gasteiger partial charge in [-0.05, 0) is 0 Å². The SMILES string of the molecule is [AlH3].[F][Zr]([F])([F])[F]. The van der Waals surface area contributed by atoms with Crippen LogP contribution in [-0.2, 0) is 22.7 Å². The van der Waals surface area contributed by atoms with Gasteiger partial charge in [-0.2, -0.15) is 0 Å². The van der Waals surface area contributed by atoms with E-state index in [1.54, 1.807) is 0 Å². The molecule has 0 aromatic heterocycles. The van der Waals surface area contributed by atoms with Gasteiger partial charge in [0.05, 0.1) is 0 Å². The second kappa shape index (κ2) is 3.18. The molecule has 0 saturated carbocycles. The molecule has 0 nitrogen and oxygen atoms in total. The van der Waals surface area contributed by atoms with E-state index in [0.717, 1.165) is 0 Å². The van der Waals surface area contributed by atoms with Crippen LogP contribution >= 0.6 is 0 Å². The number of halogens is 4. The molecule has 0 heterocycles. The summed E-state index contributed by atoms with van der Waals surface area (Å²) in [6.07, 6.45) is 0. The van der Waals surface area contributed by atoms with Crippen molar-refractivity contribution in [2.75, 3.05) is 0 Å². The van der Waals surface area contributed by atoms with Gasteiger partial charge in [0.25, 0.3) is 0 Å². The predicted molar refractivity (Wildman–Crippen MR) is 14.4 cm³/mol. The van der Waals surface area contributed by atoms with Gasteiger partial charge in [0.15, 0.2) is 17.4 Å². The Hall–Kier alpha value is 1.14. The quantitative estimate of drug-likeness (QED) is 0.392. The summed E-state index contributed by atoms with van der Waals surface area (Å²) < 4.78 is 39.6. The maximum absolute atomic E-state index is 9.90. The molecule has 0 amide bonds. The van der Waals surface area contributed by atoms with Crippen molar-refractivity contribution in [3.8, 4) is 0 Å². The number of rotatable bonds is 0. The van der Waals surface area contributed by atoms with Crippen LogP contribution in [0.15, 0.2) is 0 Å². The van der Waals surface area contributed by atoms with Crippen molar-refractivity contribution in [2.24, 2.45) is 0 Å². The van der Waals surface area contributed by atoms with Gasteiger partial charge < -0.3 is 0 Å². The zero-order valence-corrected chi connectivity index (χ0v) is 4.47. The van der Waals surface area contributed by atoms with E-state index in [2.05, 4.69) is 0 Å². The van der Waals surface area contributed by atoms with Crippen LogP contribution in [0.2, 0.25) is 0 Å². The molecule has 0 atom stereocenters. The van der Waals surface area contributed by atoms with E-state index in [0.29, 0.717) is 0 Å². The molecule has 38 valence electrons. The van der Waals surface area contributed by atoms with Gasteiger partial charge in [-0.3, -0.25) is 0 Å². The molecule has 6 heteroatoms. The first-order chi connectivity index (χ1) is 2.00. The molecule has 0 aromatic rings. The van der Waals surface area contributed by atoms with Crippen molar-refractivity contribution in [3.05, 3.63) is 0 Å². The van der Waals surface area contributed by atoms with Crippen molar-refractivity contribution in [2.45, 2.75) is 0 Å². The molecule has 0 unspecified atom stereocenters. The van der Waals surface area contributed by atoms with Gasteiger partial charge in [-0.1, -0.05) is 0 Å². The fourth-order valence-electron chi connectivity index (χ4n) is 0. The Kier molecular flexibility index (Phi) is 5.39. The van der Waals surface area contributed by atoms with Crippen LogP contribution in [0.4, 0.5) is 10.5 Å². The van der Waals surface area contributed by atoms with E-state index < -0.39 is 22.7 Å². The van der Waals surface area contributed by atoms with Gasteiger partial charge in [0, 0.05) is 0 Å². The van der Waals surface area contributed by atoms with Crippen LogP contribution in [0, 0.1) is 0 Å². The summed E-state index contributed by atoms with van der Waals surface area (Å²) in [6.45, 7) is 0. The second-order valence-corrected chi connectivity index (χ2v) is 2.54. The van der Waals surface area contributed by atoms with Gasteiger partial charge in [0.1, 0.15) is 0 Å². The van der Waals surface area contributed by atoms with Crippen LogP contribution in [0.3, 0.4) is 0 Å². The molecular weight excluding hydrogens is 194 g/mol. The fraction of sp³-hybridized carbons (Fsp3) is 0. The average Bonchev–Trinajstić information content (AvgIpc) is 0.722. The van der Waals surface area contributed by atoms with Crippen LogP contribution in [0.25, 0.3) is 0 Å². The molecule has 0 N–H and O–H groups in total. The normalized spacial score (nSPS) is 10.0. The first-order valence-corrected chi connectivity index (χ1v) is 4.47. The van der Waals surface area contributed by atoms with Crippen molar-refractivity contribution in [1.82, 2.24) is 0 Å². The first-order valence-electron chi connectivity index (χ1n) is 0.756. The first kappa shape index (κ1) is 10.2. The Bertz CT molecular complexity index is 23.0. The Balaban J connectivity index is 0. The molecule has 0 radical (unpaired) electrons. The van der Waals surface area contributed by atoms with E-state index in [1.807, 2.05) is 0 Å². The third-order valence-electron chi connectivity index (χ3n) is 0.